The first-order valence-corrected chi connectivity index (χ1v) is 8.04. The van der Waals surface area contributed by atoms with Crippen molar-refractivity contribution in [3.8, 4) is 11.3 Å². The zero-order valence-electron chi connectivity index (χ0n) is 13.8. The van der Waals surface area contributed by atoms with Gasteiger partial charge in [0, 0.05) is 12.1 Å². The zero-order valence-corrected chi connectivity index (χ0v) is 13.8. The predicted molar refractivity (Wildman–Crippen MR) is 92.7 cm³/mol. The Balaban J connectivity index is 1.47. The van der Waals surface area contributed by atoms with Crippen LogP contribution >= 0.6 is 0 Å². The maximum absolute atomic E-state index is 11.8. The van der Waals surface area contributed by atoms with E-state index in [0.29, 0.717) is 11.3 Å². The molecule has 0 fully saturated rings. The van der Waals surface area contributed by atoms with E-state index >= 15 is 0 Å². The maximum atomic E-state index is 11.8. The SMILES string of the molecule is O=C(NCc1ccco1)C(=O)NC[C@H](O)c1ccc(-c2ccco2)cc1. The number of carbonyl (C=O) groups is 2. The van der Waals surface area contributed by atoms with Crippen LogP contribution in [-0.2, 0) is 16.1 Å². The number of hydrogen-bond donors (Lipinski definition) is 3. The molecule has 2 amide bonds. The predicted octanol–water partition coefficient (Wildman–Crippen LogP) is 2.01. The van der Waals surface area contributed by atoms with Gasteiger partial charge >= 0.3 is 11.8 Å². The lowest BCUT2D eigenvalue weighted by Gasteiger charge is -2.12. The normalized spacial score (nSPS) is 11.7. The monoisotopic (exact) mass is 354 g/mol. The summed E-state index contributed by atoms with van der Waals surface area (Å²) >= 11 is 0. The summed E-state index contributed by atoms with van der Waals surface area (Å²) in [5.74, 6) is -0.333. The molecule has 3 rings (SSSR count). The van der Waals surface area contributed by atoms with Gasteiger partial charge in [-0.2, -0.15) is 0 Å². The first-order valence-electron chi connectivity index (χ1n) is 8.04. The average molecular weight is 354 g/mol. The van der Waals surface area contributed by atoms with Gasteiger partial charge in [-0.15, -0.1) is 0 Å². The average Bonchev–Trinajstić information content (AvgIpc) is 3.37. The molecule has 0 aliphatic heterocycles. The van der Waals surface area contributed by atoms with Crippen LogP contribution in [0.1, 0.15) is 17.4 Å². The van der Waals surface area contributed by atoms with Crippen molar-refractivity contribution in [1.82, 2.24) is 10.6 Å². The fourth-order valence-corrected chi connectivity index (χ4v) is 2.36. The third-order valence-corrected chi connectivity index (χ3v) is 3.77. The fraction of sp³-hybridized carbons (Fsp3) is 0.158. The molecule has 0 saturated heterocycles. The van der Waals surface area contributed by atoms with Gasteiger partial charge in [0.05, 0.1) is 25.2 Å². The number of aliphatic hydroxyl groups excluding tert-OH is 1. The number of rotatable bonds is 6. The number of amides is 2. The van der Waals surface area contributed by atoms with Crippen LogP contribution in [0.4, 0.5) is 0 Å². The topological polar surface area (TPSA) is 105 Å². The first kappa shape index (κ1) is 17.5. The Labute approximate surface area is 149 Å². The molecule has 1 aromatic carbocycles. The second-order valence-corrected chi connectivity index (χ2v) is 5.59. The molecule has 0 spiro atoms. The molecule has 0 bridgehead atoms. The number of nitrogens with one attached hydrogen (secondary N) is 2. The molecule has 1 atom stereocenters. The Morgan fingerprint density at radius 2 is 1.62 bits per heavy atom. The van der Waals surface area contributed by atoms with E-state index in [2.05, 4.69) is 10.6 Å². The van der Waals surface area contributed by atoms with Crippen molar-refractivity contribution < 1.29 is 23.5 Å². The molecule has 3 aromatic rings. The van der Waals surface area contributed by atoms with E-state index in [1.54, 1.807) is 36.6 Å². The van der Waals surface area contributed by atoms with Crippen LogP contribution in [0.3, 0.4) is 0 Å². The molecule has 134 valence electrons. The molecule has 0 aliphatic carbocycles. The quantitative estimate of drug-likeness (QED) is 0.587. The minimum Gasteiger partial charge on any atom is -0.467 e. The van der Waals surface area contributed by atoms with E-state index in [4.69, 9.17) is 8.83 Å². The summed E-state index contributed by atoms with van der Waals surface area (Å²) in [6.45, 7) is 0.0448. The van der Waals surface area contributed by atoms with Gasteiger partial charge in [0.25, 0.3) is 0 Å². The van der Waals surface area contributed by atoms with Crippen LogP contribution in [0.15, 0.2) is 69.9 Å². The highest BCUT2D eigenvalue weighted by molar-refractivity contribution is 6.35. The number of hydrogen-bond acceptors (Lipinski definition) is 5. The van der Waals surface area contributed by atoms with Crippen LogP contribution in [0.2, 0.25) is 0 Å². The van der Waals surface area contributed by atoms with Gasteiger partial charge in [-0.25, -0.2) is 0 Å². The van der Waals surface area contributed by atoms with Crippen molar-refractivity contribution in [3.05, 3.63) is 72.4 Å². The van der Waals surface area contributed by atoms with E-state index in [0.717, 1.165) is 11.3 Å². The summed E-state index contributed by atoms with van der Waals surface area (Å²) in [4.78, 5) is 23.5. The van der Waals surface area contributed by atoms with E-state index in [1.165, 1.54) is 6.26 Å². The number of carbonyl (C=O) groups excluding carboxylic acids is 2. The van der Waals surface area contributed by atoms with Gasteiger partial charge < -0.3 is 24.6 Å². The Kier molecular flexibility index (Phi) is 5.50. The van der Waals surface area contributed by atoms with Gasteiger partial charge in [-0.3, -0.25) is 9.59 Å². The van der Waals surface area contributed by atoms with Crippen LogP contribution < -0.4 is 10.6 Å². The summed E-state index contributed by atoms with van der Waals surface area (Å²) in [7, 11) is 0. The Bertz CT molecular complexity index is 839. The van der Waals surface area contributed by atoms with Gasteiger partial charge in [0.1, 0.15) is 11.5 Å². The molecular formula is C19H18N2O5. The van der Waals surface area contributed by atoms with Crippen LogP contribution in [-0.4, -0.2) is 23.5 Å². The zero-order chi connectivity index (χ0) is 18.4. The van der Waals surface area contributed by atoms with Gasteiger partial charge in [0.15, 0.2) is 0 Å². The Morgan fingerprint density at radius 1 is 0.923 bits per heavy atom. The Hall–Kier alpha value is -3.32. The van der Waals surface area contributed by atoms with Crippen molar-refractivity contribution in [1.29, 1.82) is 0 Å². The molecule has 2 aromatic heterocycles. The molecule has 0 saturated carbocycles. The highest BCUT2D eigenvalue weighted by Crippen LogP contribution is 2.22. The van der Waals surface area contributed by atoms with Crippen molar-refractivity contribution in [2.75, 3.05) is 6.54 Å². The number of aliphatic hydroxyl groups is 1. The van der Waals surface area contributed by atoms with Gasteiger partial charge in [0.2, 0.25) is 0 Å². The lowest BCUT2D eigenvalue weighted by Crippen LogP contribution is -2.41. The molecule has 3 N–H and O–H groups in total. The molecule has 0 aliphatic rings. The highest BCUT2D eigenvalue weighted by Gasteiger charge is 2.16. The Morgan fingerprint density at radius 3 is 2.27 bits per heavy atom. The van der Waals surface area contributed by atoms with Crippen LogP contribution in [0, 0.1) is 0 Å². The largest absolute Gasteiger partial charge is 0.467 e. The third-order valence-electron chi connectivity index (χ3n) is 3.77. The summed E-state index contributed by atoms with van der Waals surface area (Å²) < 4.78 is 10.4. The summed E-state index contributed by atoms with van der Waals surface area (Å²) in [5.41, 5.74) is 1.50. The molecule has 7 heteroatoms. The van der Waals surface area contributed by atoms with Crippen LogP contribution in [0.5, 0.6) is 0 Å². The minimum absolute atomic E-state index is 0.0763. The summed E-state index contributed by atoms with van der Waals surface area (Å²) in [5, 5.41) is 15.0. The van der Waals surface area contributed by atoms with E-state index < -0.39 is 17.9 Å². The fourth-order valence-electron chi connectivity index (χ4n) is 2.36. The van der Waals surface area contributed by atoms with E-state index in [1.807, 2.05) is 18.2 Å². The first-order chi connectivity index (χ1) is 12.6. The summed E-state index contributed by atoms with van der Waals surface area (Å²) in [6.07, 6.45) is 2.14. The smallest absolute Gasteiger partial charge is 0.309 e. The lowest BCUT2D eigenvalue weighted by molar-refractivity contribution is -0.139. The van der Waals surface area contributed by atoms with Gasteiger partial charge in [-0.05, 0) is 29.8 Å². The van der Waals surface area contributed by atoms with E-state index in [9.17, 15) is 14.7 Å². The highest BCUT2D eigenvalue weighted by atomic mass is 16.3. The van der Waals surface area contributed by atoms with Crippen molar-refractivity contribution in [2.45, 2.75) is 12.6 Å². The standard InChI is InChI=1S/C19H18N2O5/c22-16(13-5-7-14(8-6-13)17-4-2-10-26-17)12-21-19(24)18(23)20-11-15-3-1-9-25-15/h1-10,16,22H,11-12H2,(H,20,23)(H,21,24)/t16-/m0/s1. The number of benzene rings is 1. The third kappa shape index (κ3) is 4.40. The maximum Gasteiger partial charge on any atom is 0.309 e. The molecule has 0 radical (unpaired) electrons. The van der Waals surface area contributed by atoms with Crippen molar-refractivity contribution in [2.24, 2.45) is 0 Å². The second kappa shape index (κ2) is 8.17. The molecule has 0 unspecified atom stereocenters. The van der Waals surface area contributed by atoms with Crippen LogP contribution in [0.25, 0.3) is 11.3 Å². The minimum atomic E-state index is -0.928. The number of furan rings is 2. The molecular weight excluding hydrogens is 336 g/mol. The van der Waals surface area contributed by atoms with Crippen molar-refractivity contribution in [3.63, 3.8) is 0 Å². The summed E-state index contributed by atoms with van der Waals surface area (Å²) in [6, 6.07) is 14.1. The molecule has 26 heavy (non-hydrogen) atoms. The molecule has 7 nitrogen and oxygen atoms in total. The van der Waals surface area contributed by atoms with Crippen molar-refractivity contribution >= 4 is 11.8 Å². The van der Waals surface area contributed by atoms with Gasteiger partial charge in [-0.1, -0.05) is 24.3 Å². The molecule has 2 heterocycles. The lowest BCUT2D eigenvalue weighted by atomic mass is 10.1. The second-order valence-electron chi connectivity index (χ2n) is 5.59. The van der Waals surface area contributed by atoms with E-state index in [-0.39, 0.29) is 13.1 Å².